The highest BCUT2D eigenvalue weighted by Gasteiger charge is 2.74. The molecule has 0 rings (SSSR count). The molecule has 0 saturated carbocycles. The van der Waals surface area contributed by atoms with Crippen molar-refractivity contribution < 1.29 is 35.8 Å². The van der Waals surface area contributed by atoms with Gasteiger partial charge in [0.25, 0.3) is 0 Å². The van der Waals surface area contributed by atoms with E-state index in [0.717, 1.165) is 0 Å². The van der Waals surface area contributed by atoms with Gasteiger partial charge in [-0.05, 0) is 6.42 Å². The Kier molecular flexibility index (Phi) is 4.61. The Bertz CT molecular complexity index is 223. The van der Waals surface area contributed by atoms with Crippen molar-refractivity contribution >= 4 is 0 Å². The molecule has 0 aromatic carbocycles. The number of halogens is 7. The minimum Gasteiger partial charge on any atom is -0.331 e. The molecule has 1 unspecified atom stereocenters. The van der Waals surface area contributed by atoms with Crippen LogP contribution in [-0.2, 0) is 0 Å². The van der Waals surface area contributed by atoms with Crippen molar-refractivity contribution in [3.05, 3.63) is 0 Å². The Morgan fingerprint density at radius 1 is 1.06 bits per heavy atom. The molecule has 0 radical (unpaired) electrons. The summed E-state index contributed by atoms with van der Waals surface area (Å²) in [6.07, 6.45) is -10.3. The number of rotatable bonds is 6. The van der Waals surface area contributed by atoms with E-state index < -0.39 is 30.5 Å². The first-order chi connectivity index (χ1) is 6.98. The highest BCUT2D eigenvalue weighted by atomic mass is 19.4. The van der Waals surface area contributed by atoms with Crippen LogP contribution in [0.3, 0.4) is 0 Å². The largest absolute Gasteiger partial charge is 0.423 e. The number of hydrogen-bond acceptors (Lipinski definition) is 1. The van der Waals surface area contributed by atoms with E-state index in [1.165, 1.54) is 6.92 Å². The van der Waals surface area contributed by atoms with Gasteiger partial charge in [-0.2, -0.15) is 26.3 Å². The van der Waals surface area contributed by atoms with E-state index in [1.54, 1.807) is 0 Å². The normalized spacial score (nSPS) is 16.3. The number of hydrogen-bond donors (Lipinski definition) is 1. The van der Waals surface area contributed by atoms with Crippen LogP contribution in [0.4, 0.5) is 30.7 Å². The number of alkyl halides is 7. The van der Waals surface area contributed by atoms with Crippen LogP contribution in [0, 0.1) is 0 Å². The zero-order valence-electron chi connectivity index (χ0n) is 8.29. The second-order valence-electron chi connectivity index (χ2n) is 3.35. The van der Waals surface area contributed by atoms with E-state index in [9.17, 15) is 30.7 Å². The van der Waals surface area contributed by atoms with E-state index in [0.29, 0.717) is 0 Å². The second kappa shape index (κ2) is 4.77. The fourth-order valence-corrected chi connectivity index (χ4v) is 0.962. The van der Waals surface area contributed by atoms with E-state index in [2.05, 4.69) is 0 Å². The Morgan fingerprint density at radius 3 is 1.81 bits per heavy atom. The third-order valence-corrected chi connectivity index (χ3v) is 2.00. The molecule has 0 aromatic rings. The van der Waals surface area contributed by atoms with Gasteiger partial charge in [0.1, 0.15) is 0 Å². The molecule has 0 aliphatic carbocycles. The third-order valence-electron chi connectivity index (χ3n) is 2.00. The molecule has 98 valence electrons. The van der Waals surface area contributed by atoms with Gasteiger partial charge in [-0.25, -0.2) is 4.39 Å². The van der Waals surface area contributed by atoms with Crippen LogP contribution in [0.25, 0.3) is 0 Å². The molecule has 0 heterocycles. The van der Waals surface area contributed by atoms with E-state index in [-0.39, 0.29) is 12.8 Å². The fourth-order valence-electron chi connectivity index (χ4n) is 0.962. The zero-order chi connectivity index (χ0) is 13.2. The first kappa shape index (κ1) is 15.5. The van der Waals surface area contributed by atoms with Crippen LogP contribution in [0.2, 0.25) is 0 Å². The minimum absolute atomic E-state index is 0.149. The highest BCUT2D eigenvalue weighted by Crippen LogP contribution is 2.47. The lowest BCUT2D eigenvalue weighted by molar-refractivity contribution is -0.393. The maximum atomic E-state index is 12.7. The van der Waals surface area contributed by atoms with Gasteiger partial charge in [-0.1, -0.05) is 19.8 Å². The number of aliphatic hydroxyl groups is 1. The summed E-state index contributed by atoms with van der Waals surface area (Å²) in [6, 6.07) is 0. The second-order valence-corrected chi connectivity index (χ2v) is 3.35. The fraction of sp³-hybridized carbons (Fsp3) is 1.00. The van der Waals surface area contributed by atoms with Crippen molar-refractivity contribution in [3.63, 3.8) is 0 Å². The lowest BCUT2D eigenvalue weighted by Crippen LogP contribution is -2.58. The summed E-state index contributed by atoms with van der Waals surface area (Å²) in [7, 11) is 0. The Labute approximate surface area is 87.2 Å². The molecule has 0 aliphatic heterocycles. The minimum atomic E-state index is -6.13. The van der Waals surface area contributed by atoms with Gasteiger partial charge < -0.3 is 5.11 Å². The third kappa shape index (κ3) is 2.78. The summed E-state index contributed by atoms with van der Waals surface area (Å²) in [5.41, 5.74) is 0. The molecule has 0 bridgehead atoms. The molecule has 1 atom stereocenters. The Morgan fingerprint density at radius 2 is 1.50 bits per heavy atom. The van der Waals surface area contributed by atoms with Crippen LogP contribution in [0.1, 0.15) is 26.2 Å². The van der Waals surface area contributed by atoms with Crippen molar-refractivity contribution in [2.45, 2.75) is 50.3 Å². The van der Waals surface area contributed by atoms with Crippen molar-refractivity contribution in [1.29, 1.82) is 0 Å². The topological polar surface area (TPSA) is 20.2 Å². The lowest BCUT2D eigenvalue weighted by atomic mass is 10.0. The van der Waals surface area contributed by atoms with Crippen LogP contribution in [-0.4, -0.2) is 29.2 Å². The monoisotopic (exact) mass is 256 g/mol. The summed E-state index contributed by atoms with van der Waals surface area (Å²) in [4.78, 5) is 0. The summed E-state index contributed by atoms with van der Waals surface area (Å²) in [6.45, 7) is 1.49. The molecule has 0 amide bonds. The van der Waals surface area contributed by atoms with Gasteiger partial charge in [-0.3, -0.25) is 0 Å². The van der Waals surface area contributed by atoms with Crippen molar-refractivity contribution in [3.8, 4) is 0 Å². The first-order valence-corrected chi connectivity index (χ1v) is 4.48. The van der Waals surface area contributed by atoms with Gasteiger partial charge >= 0.3 is 18.0 Å². The molecular formula is C8H11F7O. The molecule has 1 nitrogen and oxygen atoms in total. The van der Waals surface area contributed by atoms with Gasteiger partial charge in [0, 0.05) is 0 Å². The molecule has 0 saturated heterocycles. The Hall–Kier alpha value is -0.530. The molecule has 16 heavy (non-hydrogen) atoms. The molecular weight excluding hydrogens is 245 g/mol. The van der Waals surface area contributed by atoms with Gasteiger partial charge in [0.15, 0.2) is 6.17 Å². The Balaban J connectivity index is 4.89. The molecule has 0 spiro atoms. The van der Waals surface area contributed by atoms with E-state index in [1.807, 2.05) is 0 Å². The lowest BCUT2D eigenvalue weighted by Gasteiger charge is -2.31. The standard InChI is InChI=1S/C8H11F7O/c1-2-3-4-5(9)6(10,11)7(12,13)8(14,15)16/h5,16H,2-4H2,1H3. The zero-order valence-corrected chi connectivity index (χ0v) is 8.29. The highest BCUT2D eigenvalue weighted by molar-refractivity contribution is 4.95. The summed E-state index contributed by atoms with van der Waals surface area (Å²) in [5, 5.41) is 7.63. The molecule has 1 N–H and O–H groups in total. The van der Waals surface area contributed by atoms with Crippen molar-refractivity contribution in [2.75, 3.05) is 0 Å². The average molecular weight is 256 g/mol. The quantitative estimate of drug-likeness (QED) is 0.722. The van der Waals surface area contributed by atoms with Crippen LogP contribution in [0.15, 0.2) is 0 Å². The van der Waals surface area contributed by atoms with Gasteiger partial charge in [0.05, 0.1) is 0 Å². The van der Waals surface area contributed by atoms with E-state index >= 15 is 0 Å². The summed E-state index contributed by atoms with van der Waals surface area (Å²) in [5.74, 6) is -11.7. The van der Waals surface area contributed by atoms with Gasteiger partial charge in [0.2, 0.25) is 0 Å². The van der Waals surface area contributed by atoms with Crippen molar-refractivity contribution in [2.24, 2.45) is 0 Å². The van der Waals surface area contributed by atoms with Gasteiger partial charge in [-0.15, -0.1) is 0 Å². The van der Waals surface area contributed by atoms with Crippen LogP contribution >= 0.6 is 0 Å². The molecule has 0 aliphatic rings. The predicted octanol–water partition coefficient (Wildman–Crippen LogP) is 3.37. The predicted molar refractivity (Wildman–Crippen MR) is 41.5 cm³/mol. The van der Waals surface area contributed by atoms with Crippen molar-refractivity contribution in [1.82, 2.24) is 0 Å². The van der Waals surface area contributed by atoms with Crippen LogP contribution < -0.4 is 0 Å². The average Bonchev–Trinajstić information content (AvgIpc) is 2.11. The SMILES string of the molecule is CCCCC(F)C(F)(F)C(F)(F)C(O)(F)F. The molecule has 8 heteroatoms. The molecule has 0 fully saturated rings. The van der Waals surface area contributed by atoms with Crippen LogP contribution in [0.5, 0.6) is 0 Å². The summed E-state index contributed by atoms with van der Waals surface area (Å²) < 4.78 is 86.5. The molecule has 0 aromatic heterocycles. The first-order valence-electron chi connectivity index (χ1n) is 4.48. The maximum Gasteiger partial charge on any atom is 0.423 e. The summed E-state index contributed by atoms with van der Waals surface area (Å²) >= 11 is 0. The smallest absolute Gasteiger partial charge is 0.331 e. The maximum absolute atomic E-state index is 12.7. The number of unbranched alkanes of at least 4 members (excludes halogenated alkanes) is 1. The van der Waals surface area contributed by atoms with E-state index in [4.69, 9.17) is 5.11 Å².